The van der Waals surface area contributed by atoms with Gasteiger partial charge in [-0.05, 0) is 103 Å². The second kappa shape index (κ2) is 62.6. The van der Waals surface area contributed by atoms with Gasteiger partial charge in [-0.2, -0.15) is 0 Å². The number of carbonyl (C=O) groups is 3. The number of rotatable bonds is 56. The highest BCUT2D eigenvalue weighted by Crippen LogP contribution is 2.16. The van der Waals surface area contributed by atoms with Crippen LogP contribution in [0, 0.1) is 0 Å². The van der Waals surface area contributed by atoms with Crippen LogP contribution in [0.1, 0.15) is 290 Å². The SMILES string of the molecule is CC/C=C\C/C=C\C/C=C\C/C=C\C/C=C\CCCCCCCC(=O)OC(COC(=O)CCCCCCCCCCC)COC(=O)CCCCCCCCCCCCCCCC/C=C\C/C=C\C/C=C\C/C=C\CC. The maximum absolute atomic E-state index is 12.9. The van der Waals surface area contributed by atoms with Crippen LogP contribution in [0.5, 0.6) is 0 Å². The lowest BCUT2D eigenvalue weighted by atomic mass is 10.0. The van der Waals surface area contributed by atoms with Crippen molar-refractivity contribution in [3.05, 3.63) is 109 Å². The highest BCUT2D eigenvalue weighted by atomic mass is 16.6. The van der Waals surface area contributed by atoms with Crippen molar-refractivity contribution in [1.82, 2.24) is 0 Å². The molecule has 428 valence electrons. The molecule has 0 rings (SSSR count). The molecule has 0 aliphatic carbocycles. The molecule has 1 atom stereocenters. The normalized spacial score (nSPS) is 12.8. The lowest BCUT2D eigenvalue weighted by molar-refractivity contribution is -0.167. The van der Waals surface area contributed by atoms with E-state index in [9.17, 15) is 14.4 Å². The molecule has 1 unspecified atom stereocenters. The molecule has 0 aliphatic heterocycles. The standard InChI is InChI=1S/C69H116O6/c1-4-7-10-13-16-19-21-23-25-27-29-31-32-33-34-35-36-38-39-41-43-45-47-50-53-56-59-62-68(71)74-65-66(64-73-67(70)61-58-55-52-49-18-15-12-9-6-3)75-69(72)63-60-57-54-51-48-46-44-42-40-37-30-28-26-24-22-20-17-14-11-8-5-2/h7-8,10-11,16-17,19-20,23-26,29-31,37,42,44,66H,4-6,9,12-15,18,21-22,27-28,32-36,38-41,43,45-65H2,1-3H3/b10-7-,11-8-,19-16-,20-17-,25-23-,26-24-,31-29-,37-30-,44-42-. The molecule has 0 aromatic carbocycles. The molecular weight excluding hydrogens is 925 g/mol. The van der Waals surface area contributed by atoms with E-state index in [2.05, 4.69) is 130 Å². The molecule has 0 aromatic heterocycles. The van der Waals surface area contributed by atoms with Gasteiger partial charge in [0.1, 0.15) is 13.2 Å². The maximum Gasteiger partial charge on any atom is 0.306 e. The third-order valence-electron chi connectivity index (χ3n) is 13.3. The summed E-state index contributed by atoms with van der Waals surface area (Å²) in [6.07, 6.45) is 85.3. The van der Waals surface area contributed by atoms with E-state index in [1.165, 1.54) is 116 Å². The third-order valence-corrected chi connectivity index (χ3v) is 13.3. The molecule has 0 bridgehead atoms. The van der Waals surface area contributed by atoms with E-state index in [-0.39, 0.29) is 31.1 Å². The Bertz CT molecular complexity index is 1520. The molecule has 0 saturated heterocycles. The second-order valence-corrected chi connectivity index (χ2v) is 20.6. The van der Waals surface area contributed by atoms with E-state index in [0.717, 1.165) is 135 Å². The highest BCUT2D eigenvalue weighted by Gasteiger charge is 2.19. The van der Waals surface area contributed by atoms with Crippen LogP contribution in [0.4, 0.5) is 0 Å². The molecule has 6 heteroatoms. The molecule has 0 fully saturated rings. The number of esters is 3. The Morgan fingerprint density at radius 3 is 0.813 bits per heavy atom. The van der Waals surface area contributed by atoms with Gasteiger partial charge in [0.2, 0.25) is 0 Å². The van der Waals surface area contributed by atoms with Crippen molar-refractivity contribution < 1.29 is 28.6 Å². The molecule has 0 aliphatic rings. The summed E-state index contributed by atoms with van der Waals surface area (Å²) in [5.41, 5.74) is 0. The van der Waals surface area contributed by atoms with Crippen LogP contribution >= 0.6 is 0 Å². The molecule has 0 N–H and O–H groups in total. The first kappa shape index (κ1) is 71.1. The molecular formula is C69H116O6. The van der Waals surface area contributed by atoms with Gasteiger partial charge in [0, 0.05) is 19.3 Å². The number of ether oxygens (including phenoxy) is 3. The summed E-state index contributed by atoms with van der Waals surface area (Å²) in [7, 11) is 0. The van der Waals surface area contributed by atoms with E-state index < -0.39 is 6.10 Å². The molecule has 75 heavy (non-hydrogen) atoms. The molecule has 0 spiro atoms. The molecule has 0 amide bonds. The van der Waals surface area contributed by atoms with Gasteiger partial charge in [0.05, 0.1) is 0 Å². The monoisotopic (exact) mass is 1040 g/mol. The van der Waals surface area contributed by atoms with Gasteiger partial charge >= 0.3 is 17.9 Å². The molecule has 0 heterocycles. The summed E-state index contributed by atoms with van der Waals surface area (Å²) >= 11 is 0. The summed E-state index contributed by atoms with van der Waals surface area (Å²) in [6.45, 7) is 6.39. The van der Waals surface area contributed by atoms with Gasteiger partial charge in [-0.3, -0.25) is 14.4 Å². The minimum atomic E-state index is -0.788. The highest BCUT2D eigenvalue weighted by molar-refractivity contribution is 5.71. The zero-order valence-corrected chi connectivity index (χ0v) is 49.0. The average molecular weight is 1040 g/mol. The zero-order valence-electron chi connectivity index (χ0n) is 49.0. The van der Waals surface area contributed by atoms with E-state index in [4.69, 9.17) is 14.2 Å². The first-order valence-electron chi connectivity index (χ1n) is 31.4. The van der Waals surface area contributed by atoms with Crippen molar-refractivity contribution in [1.29, 1.82) is 0 Å². The number of allylic oxidation sites excluding steroid dienone is 18. The Kier molecular flexibility index (Phi) is 59.3. The first-order chi connectivity index (χ1) is 37.0. The molecule has 0 aromatic rings. The Balaban J connectivity index is 4.24. The van der Waals surface area contributed by atoms with E-state index >= 15 is 0 Å². The lowest BCUT2D eigenvalue weighted by Gasteiger charge is -2.18. The quantitative estimate of drug-likeness (QED) is 0.0261. The van der Waals surface area contributed by atoms with Crippen LogP contribution in [0.2, 0.25) is 0 Å². The molecule has 0 saturated carbocycles. The van der Waals surface area contributed by atoms with E-state index in [0.29, 0.717) is 19.3 Å². The van der Waals surface area contributed by atoms with Gasteiger partial charge in [0.25, 0.3) is 0 Å². The summed E-state index contributed by atoms with van der Waals surface area (Å²) < 4.78 is 16.9. The van der Waals surface area contributed by atoms with Crippen molar-refractivity contribution in [2.45, 2.75) is 297 Å². The van der Waals surface area contributed by atoms with E-state index in [1.807, 2.05) is 0 Å². The van der Waals surface area contributed by atoms with Crippen LogP contribution in [-0.2, 0) is 28.6 Å². The summed E-state index contributed by atoms with van der Waals surface area (Å²) in [4.78, 5) is 38.2. The molecule has 6 nitrogen and oxygen atoms in total. The van der Waals surface area contributed by atoms with Gasteiger partial charge in [-0.15, -0.1) is 0 Å². The fourth-order valence-corrected chi connectivity index (χ4v) is 8.64. The largest absolute Gasteiger partial charge is 0.462 e. The van der Waals surface area contributed by atoms with Crippen LogP contribution in [0.3, 0.4) is 0 Å². The van der Waals surface area contributed by atoms with Crippen molar-refractivity contribution >= 4 is 17.9 Å². The number of unbranched alkanes of at least 4 members (excludes halogenated alkanes) is 27. The smallest absolute Gasteiger partial charge is 0.306 e. The van der Waals surface area contributed by atoms with Crippen LogP contribution in [-0.4, -0.2) is 37.2 Å². The van der Waals surface area contributed by atoms with Gasteiger partial charge < -0.3 is 14.2 Å². The van der Waals surface area contributed by atoms with E-state index in [1.54, 1.807) is 0 Å². The van der Waals surface area contributed by atoms with Crippen LogP contribution in [0.15, 0.2) is 109 Å². The van der Waals surface area contributed by atoms with Crippen molar-refractivity contribution in [3.8, 4) is 0 Å². The minimum Gasteiger partial charge on any atom is -0.462 e. The topological polar surface area (TPSA) is 78.9 Å². The predicted octanol–water partition coefficient (Wildman–Crippen LogP) is 21.4. The fourth-order valence-electron chi connectivity index (χ4n) is 8.64. The number of hydrogen-bond donors (Lipinski definition) is 0. The predicted molar refractivity (Wildman–Crippen MR) is 325 cm³/mol. The summed E-state index contributed by atoms with van der Waals surface area (Å²) in [5, 5.41) is 0. The molecule has 0 radical (unpaired) electrons. The minimum absolute atomic E-state index is 0.0845. The van der Waals surface area contributed by atoms with Crippen molar-refractivity contribution in [3.63, 3.8) is 0 Å². The Morgan fingerprint density at radius 1 is 0.280 bits per heavy atom. The van der Waals surface area contributed by atoms with Crippen molar-refractivity contribution in [2.24, 2.45) is 0 Å². The average Bonchev–Trinajstić information content (AvgIpc) is 3.41. The van der Waals surface area contributed by atoms with Crippen molar-refractivity contribution in [2.75, 3.05) is 13.2 Å². The summed E-state index contributed by atoms with van der Waals surface area (Å²) in [6, 6.07) is 0. The lowest BCUT2D eigenvalue weighted by Crippen LogP contribution is -2.30. The van der Waals surface area contributed by atoms with Gasteiger partial charge in [-0.1, -0.05) is 278 Å². The third kappa shape index (κ3) is 60.8. The Labute approximate surface area is 463 Å². The van der Waals surface area contributed by atoms with Crippen LogP contribution < -0.4 is 0 Å². The van der Waals surface area contributed by atoms with Gasteiger partial charge in [0.15, 0.2) is 6.10 Å². The van der Waals surface area contributed by atoms with Crippen LogP contribution in [0.25, 0.3) is 0 Å². The second-order valence-electron chi connectivity index (χ2n) is 20.6. The van der Waals surface area contributed by atoms with Gasteiger partial charge in [-0.25, -0.2) is 0 Å². The first-order valence-corrected chi connectivity index (χ1v) is 31.4. The number of hydrogen-bond acceptors (Lipinski definition) is 6. The maximum atomic E-state index is 12.9. The Hall–Kier alpha value is -3.93. The Morgan fingerprint density at radius 2 is 0.520 bits per heavy atom. The fraction of sp³-hybridized carbons (Fsp3) is 0.696. The zero-order chi connectivity index (χ0) is 54.3. The summed E-state index contributed by atoms with van der Waals surface area (Å²) in [5.74, 6) is -0.901. The number of carbonyl (C=O) groups excluding carboxylic acids is 3.